The average molecular weight is 420 g/mol. The van der Waals surface area contributed by atoms with Gasteiger partial charge in [-0.1, -0.05) is 0 Å². The molecule has 0 bridgehead atoms. The number of rotatable bonds is 4. The number of fused-ring (bicyclic) bond motifs is 2. The predicted octanol–water partition coefficient (Wildman–Crippen LogP) is 0.770. The van der Waals surface area contributed by atoms with Gasteiger partial charge in [-0.15, -0.1) is 0 Å². The third-order valence-electron chi connectivity index (χ3n) is 5.97. The lowest BCUT2D eigenvalue weighted by molar-refractivity contribution is 0.274. The van der Waals surface area contributed by atoms with E-state index in [-0.39, 0.29) is 18.7 Å². The van der Waals surface area contributed by atoms with E-state index in [0.29, 0.717) is 16.7 Å². The number of aliphatic hydroxyl groups is 1. The van der Waals surface area contributed by atoms with Crippen LogP contribution in [-0.2, 0) is 6.54 Å². The Morgan fingerprint density at radius 2 is 1.84 bits per heavy atom. The second-order valence-corrected chi connectivity index (χ2v) is 7.76. The lowest BCUT2D eigenvalue weighted by Gasteiger charge is -2.37. The van der Waals surface area contributed by atoms with Crippen LogP contribution in [0.25, 0.3) is 16.7 Å². The third-order valence-corrected chi connectivity index (χ3v) is 5.97. The Morgan fingerprint density at radius 1 is 1.06 bits per heavy atom. The van der Waals surface area contributed by atoms with Crippen molar-refractivity contribution in [3.8, 4) is 0 Å². The highest BCUT2D eigenvalue weighted by Gasteiger charge is 2.23. The number of aliphatic hydroxyl groups excluding tert-OH is 1. The minimum Gasteiger partial charge on any atom is -0.395 e. The Balaban J connectivity index is 1.39. The molecular formula is C21H24N8O2. The summed E-state index contributed by atoms with van der Waals surface area (Å²) < 4.78 is 3.25. The molecule has 0 unspecified atom stereocenters. The molecule has 10 nitrogen and oxygen atoms in total. The molecule has 1 aliphatic rings. The van der Waals surface area contributed by atoms with Gasteiger partial charge in [0.05, 0.1) is 30.4 Å². The van der Waals surface area contributed by atoms with Crippen LogP contribution in [0.1, 0.15) is 11.3 Å². The van der Waals surface area contributed by atoms with E-state index in [1.165, 1.54) is 17.2 Å². The highest BCUT2D eigenvalue weighted by atomic mass is 16.3. The average Bonchev–Trinajstić information content (AvgIpc) is 3.24. The molecule has 4 heterocycles. The van der Waals surface area contributed by atoms with Gasteiger partial charge in [0.1, 0.15) is 12.1 Å². The van der Waals surface area contributed by atoms with E-state index < -0.39 is 0 Å². The molecule has 0 radical (unpaired) electrons. The largest absolute Gasteiger partial charge is 0.395 e. The summed E-state index contributed by atoms with van der Waals surface area (Å²) in [5.41, 5.74) is 3.67. The minimum atomic E-state index is -0.129. The van der Waals surface area contributed by atoms with Gasteiger partial charge in [-0.25, -0.2) is 9.97 Å². The van der Waals surface area contributed by atoms with E-state index in [9.17, 15) is 4.79 Å². The summed E-state index contributed by atoms with van der Waals surface area (Å²) in [5, 5.41) is 14.0. The summed E-state index contributed by atoms with van der Waals surface area (Å²) in [7, 11) is 0. The maximum absolute atomic E-state index is 12.5. The normalized spacial score (nSPS) is 14.7. The second kappa shape index (κ2) is 7.62. The van der Waals surface area contributed by atoms with Crippen LogP contribution in [0.15, 0.2) is 35.6 Å². The van der Waals surface area contributed by atoms with E-state index >= 15 is 0 Å². The topological polar surface area (TPSA) is 105 Å². The Bertz CT molecular complexity index is 1320. The molecule has 160 valence electrons. The van der Waals surface area contributed by atoms with Gasteiger partial charge in [-0.3, -0.25) is 9.36 Å². The van der Waals surface area contributed by atoms with Crippen molar-refractivity contribution < 1.29 is 5.11 Å². The number of hydrogen-bond acceptors (Lipinski definition) is 8. The Labute approximate surface area is 178 Å². The zero-order valence-electron chi connectivity index (χ0n) is 17.6. The molecule has 0 aliphatic carbocycles. The van der Waals surface area contributed by atoms with Crippen LogP contribution in [-0.4, -0.2) is 67.0 Å². The van der Waals surface area contributed by atoms with Gasteiger partial charge in [0, 0.05) is 43.1 Å². The van der Waals surface area contributed by atoms with Crippen LogP contribution in [0, 0.1) is 13.8 Å². The van der Waals surface area contributed by atoms with Gasteiger partial charge in [-0.05, 0) is 32.0 Å². The van der Waals surface area contributed by atoms with Crippen LogP contribution in [0.4, 0.5) is 11.5 Å². The molecule has 1 N–H and O–H groups in total. The lowest BCUT2D eigenvalue weighted by Crippen LogP contribution is -2.47. The van der Waals surface area contributed by atoms with Crippen molar-refractivity contribution in [2.24, 2.45) is 0 Å². The number of benzene rings is 1. The Morgan fingerprint density at radius 3 is 2.61 bits per heavy atom. The number of nitrogens with zero attached hydrogens (tertiary/aromatic N) is 8. The van der Waals surface area contributed by atoms with E-state index in [4.69, 9.17) is 5.11 Å². The Kier molecular flexibility index (Phi) is 4.78. The molecule has 1 saturated heterocycles. The standard InChI is InChI=1S/C21H24N8O2/c1-14-15(2)25-21-22-12-24-29(21)19(14)27-7-5-26(6-8-27)16-3-4-17-18(11-16)23-13-28(9-10-30)20(17)31/h3-4,11-13,30H,5-10H2,1-2H3. The number of aryl methyl sites for hydroxylation is 1. The van der Waals surface area contributed by atoms with Crippen molar-refractivity contribution in [2.75, 3.05) is 42.6 Å². The van der Waals surface area contributed by atoms with Crippen LogP contribution in [0.2, 0.25) is 0 Å². The zero-order valence-corrected chi connectivity index (χ0v) is 17.6. The predicted molar refractivity (Wildman–Crippen MR) is 118 cm³/mol. The van der Waals surface area contributed by atoms with Gasteiger partial charge in [0.2, 0.25) is 0 Å². The fraction of sp³-hybridized carbons (Fsp3) is 0.381. The molecule has 10 heteroatoms. The highest BCUT2D eigenvalue weighted by Crippen LogP contribution is 2.26. The van der Waals surface area contributed by atoms with E-state index in [1.54, 1.807) is 0 Å². The van der Waals surface area contributed by atoms with E-state index in [1.807, 2.05) is 29.6 Å². The molecule has 5 rings (SSSR count). The highest BCUT2D eigenvalue weighted by molar-refractivity contribution is 5.81. The molecule has 0 spiro atoms. The van der Waals surface area contributed by atoms with Crippen LogP contribution >= 0.6 is 0 Å². The van der Waals surface area contributed by atoms with Gasteiger partial charge < -0.3 is 14.9 Å². The fourth-order valence-corrected chi connectivity index (χ4v) is 4.17. The lowest BCUT2D eigenvalue weighted by atomic mass is 10.1. The van der Waals surface area contributed by atoms with Crippen molar-refractivity contribution in [1.82, 2.24) is 29.1 Å². The summed E-state index contributed by atoms with van der Waals surface area (Å²) >= 11 is 0. The quantitative estimate of drug-likeness (QED) is 0.516. The summed E-state index contributed by atoms with van der Waals surface area (Å²) in [6.07, 6.45) is 3.04. The maximum Gasteiger partial charge on any atom is 0.261 e. The first-order valence-electron chi connectivity index (χ1n) is 10.3. The van der Waals surface area contributed by atoms with Crippen molar-refractivity contribution in [3.05, 3.63) is 52.5 Å². The van der Waals surface area contributed by atoms with Crippen LogP contribution < -0.4 is 15.4 Å². The molecule has 0 saturated carbocycles. The molecular weight excluding hydrogens is 396 g/mol. The Hall–Kier alpha value is -3.53. The van der Waals surface area contributed by atoms with E-state index in [0.717, 1.165) is 48.9 Å². The molecule has 0 atom stereocenters. The zero-order chi connectivity index (χ0) is 21.5. The summed E-state index contributed by atoms with van der Waals surface area (Å²) in [6.45, 7) is 7.58. The summed E-state index contributed by atoms with van der Waals surface area (Å²) in [6, 6.07) is 5.77. The van der Waals surface area contributed by atoms with Crippen molar-refractivity contribution >= 4 is 28.2 Å². The van der Waals surface area contributed by atoms with Gasteiger partial charge >= 0.3 is 0 Å². The number of hydrogen-bond donors (Lipinski definition) is 1. The smallest absolute Gasteiger partial charge is 0.261 e. The number of anilines is 2. The molecule has 31 heavy (non-hydrogen) atoms. The summed E-state index contributed by atoms with van der Waals surface area (Å²) in [4.78, 5) is 30.3. The second-order valence-electron chi connectivity index (χ2n) is 7.76. The molecule has 3 aromatic heterocycles. The van der Waals surface area contributed by atoms with Crippen molar-refractivity contribution in [1.29, 1.82) is 0 Å². The minimum absolute atomic E-state index is 0.0904. The van der Waals surface area contributed by atoms with Crippen LogP contribution in [0.3, 0.4) is 0 Å². The van der Waals surface area contributed by atoms with Gasteiger partial charge in [-0.2, -0.15) is 14.6 Å². The van der Waals surface area contributed by atoms with Crippen molar-refractivity contribution in [2.45, 2.75) is 20.4 Å². The van der Waals surface area contributed by atoms with Gasteiger partial charge in [0.25, 0.3) is 11.3 Å². The molecule has 1 fully saturated rings. The first-order chi connectivity index (χ1) is 15.1. The molecule has 4 aromatic rings. The van der Waals surface area contributed by atoms with Crippen LogP contribution in [0.5, 0.6) is 0 Å². The molecule has 1 aromatic carbocycles. The number of aromatic nitrogens is 6. The van der Waals surface area contributed by atoms with E-state index in [2.05, 4.69) is 36.8 Å². The van der Waals surface area contributed by atoms with Crippen molar-refractivity contribution in [3.63, 3.8) is 0 Å². The SMILES string of the molecule is Cc1nc2ncnn2c(N2CCN(c3ccc4c(=O)n(CCO)cnc4c3)CC2)c1C. The first-order valence-corrected chi connectivity index (χ1v) is 10.3. The maximum atomic E-state index is 12.5. The monoisotopic (exact) mass is 420 g/mol. The molecule has 0 amide bonds. The number of piperazine rings is 1. The summed E-state index contributed by atoms with van der Waals surface area (Å²) in [5.74, 6) is 1.66. The molecule has 1 aliphatic heterocycles. The fourth-order valence-electron chi connectivity index (χ4n) is 4.17. The van der Waals surface area contributed by atoms with Gasteiger partial charge in [0.15, 0.2) is 0 Å². The first kappa shape index (κ1) is 19.4. The third kappa shape index (κ3) is 3.28.